The summed E-state index contributed by atoms with van der Waals surface area (Å²) >= 11 is 11.7. The fourth-order valence-electron chi connectivity index (χ4n) is 1.81. The predicted octanol–water partition coefficient (Wildman–Crippen LogP) is 3.93. The summed E-state index contributed by atoms with van der Waals surface area (Å²) in [5.41, 5.74) is 0.202. The minimum Gasteiger partial charge on any atom is -0.493 e. The Morgan fingerprint density at radius 3 is 2.58 bits per heavy atom. The van der Waals surface area contributed by atoms with Crippen LogP contribution in [0.2, 0.25) is 10.0 Å². The van der Waals surface area contributed by atoms with Gasteiger partial charge in [0.1, 0.15) is 0 Å². The van der Waals surface area contributed by atoms with Gasteiger partial charge in [0.05, 0.1) is 28.8 Å². The largest absolute Gasteiger partial charge is 0.493 e. The molecule has 1 amide bonds. The first-order valence-corrected chi connectivity index (χ1v) is 7.36. The Morgan fingerprint density at radius 1 is 1.21 bits per heavy atom. The molecule has 7 nitrogen and oxygen atoms in total. The standard InChI is InChI=1S/C15H12Cl2N2O5/c1-23-13-5-3-10(19(21)22)7-14(13)24-8-15(20)18-12-4-2-9(16)6-11(12)17/h2-7H,8H2,1H3,(H,18,20). The van der Waals surface area contributed by atoms with Gasteiger partial charge >= 0.3 is 0 Å². The van der Waals surface area contributed by atoms with Crippen LogP contribution in [0.4, 0.5) is 11.4 Å². The summed E-state index contributed by atoms with van der Waals surface area (Å²) < 4.78 is 10.4. The first kappa shape index (κ1) is 17.8. The van der Waals surface area contributed by atoms with E-state index in [2.05, 4.69) is 5.32 Å². The highest BCUT2D eigenvalue weighted by Crippen LogP contribution is 2.31. The Kier molecular flexibility index (Phi) is 5.83. The lowest BCUT2D eigenvalue weighted by molar-refractivity contribution is -0.385. The van der Waals surface area contributed by atoms with Crippen molar-refractivity contribution in [3.05, 3.63) is 56.6 Å². The van der Waals surface area contributed by atoms with Crippen LogP contribution >= 0.6 is 23.2 Å². The number of anilines is 1. The van der Waals surface area contributed by atoms with E-state index in [-0.39, 0.29) is 28.8 Å². The van der Waals surface area contributed by atoms with Crippen LogP contribution in [0.5, 0.6) is 11.5 Å². The number of hydrogen-bond donors (Lipinski definition) is 1. The number of benzene rings is 2. The van der Waals surface area contributed by atoms with E-state index in [1.807, 2.05) is 0 Å². The number of nitrogens with one attached hydrogen (secondary N) is 1. The Hall–Kier alpha value is -2.51. The highest BCUT2D eigenvalue weighted by atomic mass is 35.5. The number of hydrogen-bond acceptors (Lipinski definition) is 5. The van der Waals surface area contributed by atoms with Crippen LogP contribution in [0.1, 0.15) is 0 Å². The number of carbonyl (C=O) groups excluding carboxylic acids is 1. The van der Waals surface area contributed by atoms with Crippen molar-refractivity contribution in [2.75, 3.05) is 19.0 Å². The molecule has 0 aliphatic carbocycles. The third-order valence-corrected chi connectivity index (χ3v) is 3.47. The second-order valence-electron chi connectivity index (χ2n) is 4.55. The minimum atomic E-state index is -0.570. The summed E-state index contributed by atoms with van der Waals surface area (Å²) in [5, 5.41) is 14.1. The van der Waals surface area contributed by atoms with Gasteiger partial charge in [0.2, 0.25) is 0 Å². The van der Waals surface area contributed by atoms with Crippen LogP contribution in [0.25, 0.3) is 0 Å². The number of non-ortho nitro benzene ring substituents is 1. The number of halogens is 2. The molecule has 1 N–H and O–H groups in total. The van der Waals surface area contributed by atoms with Gasteiger partial charge in [0.25, 0.3) is 11.6 Å². The normalized spacial score (nSPS) is 10.1. The summed E-state index contributed by atoms with van der Waals surface area (Å²) in [4.78, 5) is 22.2. The quantitative estimate of drug-likeness (QED) is 0.614. The Morgan fingerprint density at radius 2 is 1.96 bits per heavy atom. The second-order valence-corrected chi connectivity index (χ2v) is 5.40. The smallest absolute Gasteiger partial charge is 0.273 e. The molecule has 126 valence electrons. The molecule has 9 heteroatoms. The molecule has 0 radical (unpaired) electrons. The van der Waals surface area contributed by atoms with Gasteiger partial charge < -0.3 is 14.8 Å². The first-order valence-electron chi connectivity index (χ1n) is 6.61. The summed E-state index contributed by atoms with van der Waals surface area (Å²) in [6, 6.07) is 8.47. The zero-order valence-electron chi connectivity index (χ0n) is 12.4. The molecular formula is C15H12Cl2N2O5. The summed E-state index contributed by atoms with van der Waals surface area (Å²) in [7, 11) is 1.39. The minimum absolute atomic E-state index is 0.0871. The van der Waals surface area contributed by atoms with Crippen LogP contribution in [-0.4, -0.2) is 24.5 Å². The molecule has 2 aromatic carbocycles. The molecule has 0 unspecified atom stereocenters. The van der Waals surface area contributed by atoms with Gasteiger partial charge in [-0.2, -0.15) is 0 Å². The third kappa shape index (κ3) is 4.50. The maximum Gasteiger partial charge on any atom is 0.273 e. The van der Waals surface area contributed by atoms with Crippen LogP contribution < -0.4 is 14.8 Å². The topological polar surface area (TPSA) is 90.7 Å². The van der Waals surface area contributed by atoms with Crippen molar-refractivity contribution in [2.45, 2.75) is 0 Å². The van der Waals surface area contributed by atoms with Crippen LogP contribution in [0.15, 0.2) is 36.4 Å². The lowest BCUT2D eigenvalue weighted by atomic mass is 10.3. The number of carbonyl (C=O) groups is 1. The van der Waals surface area contributed by atoms with Gasteiger partial charge in [-0.05, 0) is 24.3 Å². The molecule has 0 spiro atoms. The lowest BCUT2D eigenvalue weighted by Crippen LogP contribution is -2.20. The molecule has 2 rings (SSSR count). The van der Waals surface area contributed by atoms with Gasteiger partial charge in [-0.15, -0.1) is 0 Å². The van der Waals surface area contributed by atoms with Gasteiger partial charge in [0.15, 0.2) is 18.1 Å². The van der Waals surface area contributed by atoms with Gasteiger partial charge in [-0.3, -0.25) is 14.9 Å². The van der Waals surface area contributed by atoms with Crippen LogP contribution in [0.3, 0.4) is 0 Å². The van der Waals surface area contributed by atoms with Crippen molar-refractivity contribution in [3.8, 4) is 11.5 Å². The molecule has 0 fully saturated rings. The highest BCUT2D eigenvalue weighted by molar-refractivity contribution is 6.36. The van der Waals surface area contributed by atoms with E-state index < -0.39 is 10.8 Å². The first-order chi connectivity index (χ1) is 11.4. The van der Waals surface area contributed by atoms with E-state index in [9.17, 15) is 14.9 Å². The lowest BCUT2D eigenvalue weighted by Gasteiger charge is -2.11. The van der Waals surface area contributed by atoms with Crippen molar-refractivity contribution in [3.63, 3.8) is 0 Å². The van der Waals surface area contributed by atoms with Crippen molar-refractivity contribution in [1.29, 1.82) is 0 Å². The SMILES string of the molecule is COc1ccc([N+](=O)[O-])cc1OCC(=O)Nc1ccc(Cl)cc1Cl. The molecular weight excluding hydrogens is 359 g/mol. The number of amides is 1. The van der Waals surface area contributed by atoms with E-state index in [4.69, 9.17) is 32.7 Å². The zero-order chi connectivity index (χ0) is 17.7. The van der Waals surface area contributed by atoms with Gasteiger partial charge in [-0.25, -0.2) is 0 Å². The Balaban J connectivity index is 2.05. The molecule has 0 aliphatic rings. The van der Waals surface area contributed by atoms with Crippen molar-refractivity contribution >= 4 is 40.5 Å². The maximum absolute atomic E-state index is 11.9. The van der Waals surface area contributed by atoms with E-state index in [0.717, 1.165) is 0 Å². The average molecular weight is 371 g/mol. The number of nitro groups is 1. The molecule has 24 heavy (non-hydrogen) atoms. The summed E-state index contributed by atoms with van der Waals surface area (Å²) in [6.07, 6.45) is 0. The molecule has 0 aromatic heterocycles. The van der Waals surface area contributed by atoms with Crippen molar-refractivity contribution in [2.24, 2.45) is 0 Å². The van der Waals surface area contributed by atoms with E-state index in [0.29, 0.717) is 10.7 Å². The molecule has 0 bridgehead atoms. The van der Waals surface area contributed by atoms with Gasteiger partial charge in [-0.1, -0.05) is 23.2 Å². The van der Waals surface area contributed by atoms with E-state index in [1.165, 1.54) is 31.4 Å². The van der Waals surface area contributed by atoms with Crippen LogP contribution in [-0.2, 0) is 4.79 Å². The number of nitro benzene ring substituents is 1. The van der Waals surface area contributed by atoms with Crippen molar-refractivity contribution in [1.82, 2.24) is 0 Å². The fraction of sp³-hybridized carbons (Fsp3) is 0.133. The monoisotopic (exact) mass is 370 g/mol. The summed E-state index contributed by atoms with van der Waals surface area (Å²) in [6.45, 7) is -0.378. The Bertz CT molecular complexity index is 782. The van der Waals surface area contributed by atoms with Crippen LogP contribution in [0, 0.1) is 10.1 Å². The number of methoxy groups -OCH3 is 1. The van der Waals surface area contributed by atoms with Crippen molar-refractivity contribution < 1.29 is 19.2 Å². The summed E-state index contributed by atoms with van der Waals surface area (Å²) in [5.74, 6) is -0.130. The van der Waals surface area contributed by atoms with E-state index in [1.54, 1.807) is 12.1 Å². The Labute approximate surface area is 147 Å². The number of nitrogens with zero attached hydrogens (tertiary/aromatic N) is 1. The number of rotatable bonds is 6. The molecule has 0 saturated heterocycles. The molecule has 0 aliphatic heterocycles. The van der Waals surface area contributed by atoms with E-state index >= 15 is 0 Å². The molecule has 2 aromatic rings. The zero-order valence-corrected chi connectivity index (χ0v) is 13.9. The average Bonchev–Trinajstić information content (AvgIpc) is 2.55. The third-order valence-electron chi connectivity index (χ3n) is 2.92. The second kappa shape index (κ2) is 7.85. The maximum atomic E-state index is 11.9. The predicted molar refractivity (Wildman–Crippen MR) is 90.2 cm³/mol. The van der Waals surface area contributed by atoms with Gasteiger partial charge in [0, 0.05) is 11.1 Å². The fourth-order valence-corrected chi connectivity index (χ4v) is 2.27. The molecule has 0 heterocycles. The highest BCUT2D eigenvalue weighted by Gasteiger charge is 2.14. The molecule has 0 atom stereocenters. The molecule has 0 saturated carbocycles. The number of ether oxygens (including phenoxy) is 2.